The first kappa shape index (κ1) is 21.1. The van der Waals surface area contributed by atoms with Crippen LogP contribution in [-0.4, -0.2) is 42.4 Å². The van der Waals surface area contributed by atoms with Gasteiger partial charge in [-0.05, 0) is 68.0 Å². The minimum atomic E-state index is -2.94. The molecule has 2 aromatic carbocycles. The minimum absolute atomic E-state index is 0.210. The molecule has 1 saturated heterocycles. The van der Waals surface area contributed by atoms with E-state index in [4.69, 9.17) is 0 Å². The summed E-state index contributed by atoms with van der Waals surface area (Å²) >= 11 is 0. The summed E-state index contributed by atoms with van der Waals surface area (Å²) in [5, 5.41) is 1.24. The highest BCUT2D eigenvalue weighted by atomic mass is 32.2. The monoisotopic (exact) mass is 424 g/mol. The van der Waals surface area contributed by atoms with E-state index < -0.39 is 9.84 Å². The molecule has 1 aliphatic heterocycles. The number of H-pyrrole nitrogens is 1. The molecule has 1 aromatic heterocycles. The molecule has 30 heavy (non-hydrogen) atoms. The summed E-state index contributed by atoms with van der Waals surface area (Å²) in [6.07, 6.45) is 6.20. The predicted octanol–water partition coefficient (Wildman–Crippen LogP) is 4.91. The van der Waals surface area contributed by atoms with Crippen molar-refractivity contribution in [2.45, 2.75) is 51.6 Å². The van der Waals surface area contributed by atoms with Crippen LogP contribution in [0.1, 0.15) is 49.4 Å². The van der Waals surface area contributed by atoms with E-state index in [1.165, 1.54) is 29.4 Å². The maximum Gasteiger partial charge on any atom is 0.150 e. The van der Waals surface area contributed by atoms with E-state index in [2.05, 4.69) is 65.5 Å². The van der Waals surface area contributed by atoms with Crippen LogP contribution in [0.15, 0.2) is 54.7 Å². The van der Waals surface area contributed by atoms with Crippen LogP contribution in [0.3, 0.4) is 0 Å². The van der Waals surface area contributed by atoms with Crippen molar-refractivity contribution < 1.29 is 8.42 Å². The summed E-state index contributed by atoms with van der Waals surface area (Å²) in [4.78, 5) is 6.06. The van der Waals surface area contributed by atoms with Crippen molar-refractivity contribution in [3.63, 3.8) is 0 Å². The van der Waals surface area contributed by atoms with Crippen molar-refractivity contribution in [3.05, 3.63) is 71.4 Å². The fourth-order valence-electron chi connectivity index (χ4n) is 4.73. The first-order valence-electron chi connectivity index (χ1n) is 11.1. The average Bonchev–Trinajstić information content (AvgIpc) is 3.40. The summed E-state index contributed by atoms with van der Waals surface area (Å²) < 4.78 is 23.8. The summed E-state index contributed by atoms with van der Waals surface area (Å²) in [5.41, 5.74) is 4.94. The van der Waals surface area contributed by atoms with Gasteiger partial charge in [-0.2, -0.15) is 0 Å². The van der Waals surface area contributed by atoms with E-state index >= 15 is 0 Å². The van der Waals surface area contributed by atoms with Crippen LogP contribution in [-0.2, 0) is 22.7 Å². The fraction of sp³-hybridized carbons (Fsp3) is 0.440. The van der Waals surface area contributed by atoms with E-state index in [-0.39, 0.29) is 11.5 Å². The lowest BCUT2D eigenvalue weighted by Gasteiger charge is -2.31. The molecule has 1 aliphatic rings. The van der Waals surface area contributed by atoms with Crippen LogP contribution in [0, 0.1) is 0 Å². The summed E-state index contributed by atoms with van der Waals surface area (Å²) in [6, 6.07) is 18.0. The van der Waals surface area contributed by atoms with Gasteiger partial charge in [0, 0.05) is 34.9 Å². The number of nitrogens with one attached hydrogen (secondary N) is 1. The number of sulfone groups is 1. The molecule has 0 saturated carbocycles. The maximum absolute atomic E-state index is 11.9. The molecule has 2 atom stereocenters. The van der Waals surface area contributed by atoms with E-state index in [0.717, 1.165) is 24.0 Å². The Labute approximate surface area is 180 Å². The highest BCUT2D eigenvalue weighted by molar-refractivity contribution is 7.91. The van der Waals surface area contributed by atoms with Crippen molar-refractivity contribution in [3.8, 4) is 0 Å². The summed E-state index contributed by atoms with van der Waals surface area (Å²) in [6.45, 7) is 5.17. The molecule has 0 bridgehead atoms. The summed E-state index contributed by atoms with van der Waals surface area (Å²) in [7, 11) is -2.94. The zero-order chi connectivity index (χ0) is 21.1. The van der Waals surface area contributed by atoms with Gasteiger partial charge in [-0.3, -0.25) is 4.90 Å². The van der Waals surface area contributed by atoms with Crippen molar-refractivity contribution in [2.24, 2.45) is 0 Å². The predicted molar refractivity (Wildman–Crippen MR) is 125 cm³/mol. The largest absolute Gasteiger partial charge is 0.361 e. The van der Waals surface area contributed by atoms with E-state index in [1.807, 2.05) is 6.07 Å². The number of aryl methyl sites for hydroxylation is 1. The Kier molecular flexibility index (Phi) is 6.30. The molecule has 0 radical (unpaired) electrons. The van der Waals surface area contributed by atoms with Crippen molar-refractivity contribution in [1.29, 1.82) is 0 Å². The van der Waals surface area contributed by atoms with Crippen LogP contribution in [0.2, 0.25) is 0 Å². The van der Waals surface area contributed by atoms with Crippen LogP contribution in [0.25, 0.3) is 10.9 Å². The van der Waals surface area contributed by atoms with Gasteiger partial charge in [0.2, 0.25) is 0 Å². The van der Waals surface area contributed by atoms with Crippen LogP contribution < -0.4 is 0 Å². The Balaban J connectivity index is 1.52. The zero-order valence-electron chi connectivity index (χ0n) is 18.0. The molecule has 160 valence electrons. The van der Waals surface area contributed by atoms with Crippen molar-refractivity contribution in [2.75, 3.05) is 18.1 Å². The number of aromatic amines is 1. The van der Waals surface area contributed by atoms with Gasteiger partial charge in [-0.1, -0.05) is 43.3 Å². The second kappa shape index (κ2) is 8.94. The van der Waals surface area contributed by atoms with Gasteiger partial charge in [0.05, 0.1) is 5.75 Å². The smallest absolute Gasteiger partial charge is 0.150 e. The molecule has 0 amide bonds. The quantitative estimate of drug-likeness (QED) is 0.559. The number of likely N-dealkylation sites (tertiary alicyclic amines) is 1. The Morgan fingerprint density at radius 3 is 2.73 bits per heavy atom. The maximum atomic E-state index is 11.9. The summed E-state index contributed by atoms with van der Waals surface area (Å²) in [5.74, 6) is 0.432. The first-order chi connectivity index (χ1) is 14.5. The lowest BCUT2D eigenvalue weighted by molar-refractivity contribution is 0.192. The fourth-order valence-corrected chi connectivity index (χ4v) is 5.57. The van der Waals surface area contributed by atoms with Crippen molar-refractivity contribution >= 4 is 20.7 Å². The van der Waals surface area contributed by atoms with E-state index in [9.17, 15) is 8.42 Å². The molecule has 2 heterocycles. The van der Waals surface area contributed by atoms with Gasteiger partial charge in [0.25, 0.3) is 0 Å². The first-order valence-corrected chi connectivity index (χ1v) is 12.9. The topological polar surface area (TPSA) is 53.2 Å². The Bertz CT molecular complexity index is 1090. The molecule has 1 N–H and O–H groups in total. The third-order valence-electron chi connectivity index (χ3n) is 6.63. The number of aromatic nitrogens is 1. The Morgan fingerprint density at radius 1 is 1.17 bits per heavy atom. The molecule has 0 spiro atoms. The third kappa shape index (κ3) is 4.62. The molecular weight excluding hydrogens is 392 g/mol. The van der Waals surface area contributed by atoms with Crippen LogP contribution >= 0.6 is 0 Å². The van der Waals surface area contributed by atoms with Gasteiger partial charge in [-0.15, -0.1) is 0 Å². The van der Waals surface area contributed by atoms with E-state index in [1.54, 1.807) is 6.92 Å². The van der Waals surface area contributed by atoms with Gasteiger partial charge >= 0.3 is 0 Å². The second-order valence-corrected chi connectivity index (χ2v) is 11.0. The Morgan fingerprint density at radius 2 is 1.97 bits per heavy atom. The zero-order valence-corrected chi connectivity index (χ0v) is 18.8. The highest BCUT2D eigenvalue weighted by Gasteiger charge is 2.29. The highest BCUT2D eigenvalue weighted by Crippen LogP contribution is 2.32. The number of rotatable bonds is 8. The third-order valence-corrected chi connectivity index (χ3v) is 8.34. The standard InChI is InChI=1S/C25H32N2O2S/c1-3-30(28,29)15-13-20-11-12-25-24(16-20)22(18-26-25)17-23-10-7-14-27(23)19(2)21-8-5-4-6-9-21/h4-6,8-9,11-12,16,18-19,23,26H,3,7,10,13-15,17H2,1-2H3. The number of hydrogen-bond acceptors (Lipinski definition) is 3. The molecule has 4 rings (SSSR count). The molecule has 5 heteroatoms. The number of benzene rings is 2. The molecule has 3 aromatic rings. The molecule has 1 fully saturated rings. The normalized spacial score (nSPS) is 18.8. The van der Waals surface area contributed by atoms with Gasteiger partial charge in [0.1, 0.15) is 9.84 Å². The number of fused-ring (bicyclic) bond motifs is 1. The van der Waals surface area contributed by atoms with Crippen molar-refractivity contribution in [1.82, 2.24) is 9.88 Å². The lowest BCUT2D eigenvalue weighted by atomic mass is 9.99. The lowest BCUT2D eigenvalue weighted by Crippen LogP contribution is -2.33. The number of hydrogen-bond donors (Lipinski definition) is 1. The number of nitrogens with zero attached hydrogens (tertiary/aromatic N) is 1. The molecule has 0 aliphatic carbocycles. The van der Waals surface area contributed by atoms with Gasteiger partial charge < -0.3 is 4.98 Å². The van der Waals surface area contributed by atoms with Crippen LogP contribution in [0.4, 0.5) is 0 Å². The minimum Gasteiger partial charge on any atom is -0.361 e. The van der Waals surface area contributed by atoms with Gasteiger partial charge in [-0.25, -0.2) is 8.42 Å². The Hall–Kier alpha value is -2.11. The molecule has 4 nitrogen and oxygen atoms in total. The SMILES string of the molecule is CCS(=O)(=O)CCc1ccc2[nH]cc(CC3CCCN3C(C)c3ccccc3)c2c1. The van der Waals surface area contributed by atoms with Gasteiger partial charge in [0.15, 0.2) is 0 Å². The molecular formula is C25H32N2O2S. The average molecular weight is 425 g/mol. The second-order valence-electron chi connectivity index (χ2n) is 8.50. The molecule has 2 unspecified atom stereocenters. The van der Waals surface area contributed by atoms with E-state index in [0.29, 0.717) is 18.5 Å². The van der Waals surface area contributed by atoms with Crippen LogP contribution in [0.5, 0.6) is 0 Å².